The van der Waals surface area contributed by atoms with Crippen molar-refractivity contribution in [2.24, 2.45) is 0 Å². The first kappa shape index (κ1) is 17.6. The number of carbonyl (C=O) groups excluding carboxylic acids is 1. The Balaban J connectivity index is 2.09. The van der Waals surface area contributed by atoms with Gasteiger partial charge in [-0.1, -0.05) is 30.3 Å². The van der Waals surface area contributed by atoms with Crippen LogP contribution in [0.15, 0.2) is 46.0 Å². The van der Waals surface area contributed by atoms with Gasteiger partial charge in [0.25, 0.3) is 5.56 Å². The van der Waals surface area contributed by atoms with Crippen LogP contribution < -0.4 is 11.2 Å². The van der Waals surface area contributed by atoms with Crippen LogP contribution in [0.2, 0.25) is 0 Å². The molecule has 1 aromatic carbocycles. The third-order valence-corrected chi connectivity index (χ3v) is 4.12. The summed E-state index contributed by atoms with van der Waals surface area (Å²) in [5.74, 6) is -0.541. The lowest BCUT2D eigenvalue weighted by molar-refractivity contribution is 0.0525. The fraction of sp³-hybridized carbons (Fsp3) is 0.263. The van der Waals surface area contributed by atoms with Crippen LogP contribution in [0.25, 0.3) is 11.0 Å². The van der Waals surface area contributed by atoms with Crippen LogP contribution in [0.4, 0.5) is 0 Å². The van der Waals surface area contributed by atoms with Crippen molar-refractivity contribution in [2.45, 2.75) is 26.8 Å². The molecule has 3 aromatic rings. The smallest absolute Gasteiger partial charge is 0.339 e. The van der Waals surface area contributed by atoms with Crippen LogP contribution >= 0.6 is 0 Å². The molecular formula is C19H19N3O4. The van der Waals surface area contributed by atoms with Gasteiger partial charge in [-0.25, -0.2) is 14.6 Å². The van der Waals surface area contributed by atoms with Gasteiger partial charge in [0.1, 0.15) is 5.65 Å². The van der Waals surface area contributed by atoms with Gasteiger partial charge in [-0.15, -0.1) is 0 Å². The number of ether oxygens (including phenoxy) is 1. The highest BCUT2D eigenvalue weighted by Gasteiger charge is 2.17. The Labute approximate surface area is 149 Å². The largest absolute Gasteiger partial charge is 0.462 e. The molecule has 2 aromatic heterocycles. The molecule has 7 heteroatoms. The zero-order chi connectivity index (χ0) is 18.7. The monoisotopic (exact) mass is 353 g/mol. The maximum Gasteiger partial charge on any atom is 0.339 e. The Hall–Kier alpha value is -3.22. The number of aromatic nitrogens is 3. The molecular weight excluding hydrogens is 334 g/mol. The molecule has 0 atom stereocenters. The van der Waals surface area contributed by atoms with Crippen molar-refractivity contribution in [3.63, 3.8) is 0 Å². The number of aromatic amines is 1. The Bertz CT molecular complexity index is 1070. The lowest BCUT2D eigenvalue weighted by Crippen LogP contribution is -2.32. The number of benzene rings is 1. The first-order chi connectivity index (χ1) is 12.5. The van der Waals surface area contributed by atoms with E-state index in [-0.39, 0.29) is 23.2 Å². The van der Waals surface area contributed by atoms with E-state index in [1.807, 2.05) is 30.3 Å². The number of pyridine rings is 1. The second-order valence-electron chi connectivity index (χ2n) is 5.86. The van der Waals surface area contributed by atoms with Crippen LogP contribution in [0.3, 0.4) is 0 Å². The van der Waals surface area contributed by atoms with Gasteiger partial charge in [0.15, 0.2) is 0 Å². The molecule has 0 amide bonds. The molecule has 0 fully saturated rings. The van der Waals surface area contributed by atoms with Gasteiger partial charge < -0.3 is 4.74 Å². The highest BCUT2D eigenvalue weighted by atomic mass is 16.5. The molecule has 0 saturated carbocycles. The second kappa shape index (κ2) is 7.35. The predicted octanol–water partition coefficient (Wildman–Crippen LogP) is 1.81. The Morgan fingerprint density at radius 2 is 1.96 bits per heavy atom. The van der Waals surface area contributed by atoms with E-state index in [1.165, 1.54) is 10.6 Å². The zero-order valence-electron chi connectivity index (χ0n) is 14.6. The summed E-state index contributed by atoms with van der Waals surface area (Å²) in [5.41, 5.74) is 0.875. The molecule has 7 nitrogen and oxygen atoms in total. The van der Waals surface area contributed by atoms with Gasteiger partial charge in [-0.2, -0.15) is 0 Å². The van der Waals surface area contributed by atoms with Crippen molar-refractivity contribution in [1.82, 2.24) is 14.5 Å². The highest BCUT2D eigenvalue weighted by Crippen LogP contribution is 2.14. The lowest BCUT2D eigenvalue weighted by atomic mass is 10.1. The van der Waals surface area contributed by atoms with Gasteiger partial charge in [0.2, 0.25) is 0 Å². The Morgan fingerprint density at radius 3 is 2.65 bits per heavy atom. The first-order valence-corrected chi connectivity index (χ1v) is 8.36. The van der Waals surface area contributed by atoms with E-state index in [9.17, 15) is 14.4 Å². The number of esters is 1. The SMILES string of the molecule is CCOC(=O)c1cc2c(=O)[nH]c(=O)n(CCc3ccccc3)c2nc1C. The van der Waals surface area contributed by atoms with Crippen molar-refractivity contribution >= 4 is 17.0 Å². The van der Waals surface area contributed by atoms with E-state index in [1.54, 1.807) is 13.8 Å². The fourth-order valence-corrected chi connectivity index (χ4v) is 2.80. The molecule has 134 valence electrons. The number of hydrogen-bond donors (Lipinski definition) is 1. The second-order valence-corrected chi connectivity index (χ2v) is 5.86. The van der Waals surface area contributed by atoms with Crippen molar-refractivity contribution in [2.75, 3.05) is 6.61 Å². The minimum Gasteiger partial charge on any atom is -0.462 e. The zero-order valence-corrected chi connectivity index (χ0v) is 14.6. The number of hydrogen-bond acceptors (Lipinski definition) is 5. The number of fused-ring (bicyclic) bond motifs is 1. The molecule has 0 saturated heterocycles. The van der Waals surface area contributed by atoms with E-state index < -0.39 is 17.2 Å². The van der Waals surface area contributed by atoms with Crippen molar-refractivity contribution in [1.29, 1.82) is 0 Å². The summed E-state index contributed by atoms with van der Waals surface area (Å²) in [5, 5.41) is 0.186. The van der Waals surface area contributed by atoms with Gasteiger partial charge >= 0.3 is 11.7 Å². The summed E-state index contributed by atoms with van der Waals surface area (Å²) in [4.78, 5) is 43.2. The predicted molar refractivity (Wildman–Crippen MR) is 97.5 cm³/mol. The average molecular weight is 353 g/mol. The molecule has 3 rings (SSSR count). The van der Waals surface area contributed by atoms with E-state index in [2.05, 4.69) is 9.97 Å². The quantitative estimate of drug-likeness (QED) is 0.706. The maximum absolute atomic E-state index is 12.3. The third-order valence-electron chi connectivity index (χ3n) is 4.12. The highest BCUT2D eigenvalue weighted by molar-refractivity contribution is 5.94. The molecule has 2 heterocycles. The number of H-pyrrole nitrogens is 1. The molecule has 0 bridgehead atoms. The van der Waals surface area contributed by atoms with Crippen LogP contribution in [-0.2, 0) is 17.7 Å². The van der Waals surface area contributed by atoms with Crippen LogP contribution in [0.5, 0.6) is 0 Å². The molecule has 0 spiro atoms. The van der Waals surface area contributed by atoms with Gasteiger partial charge in [-0.3, -0.25) is 14.3 Å². The number of nitrogens with zero attached hydrogens (tertiary/aromatic N) is 2. The number of carbonyl (C=O) groups is 1. The minimum absolute atomic E-state index is 0.186. The molecule has 0 aliphatic rings. The number of aryl methyl sites for hydroxylation is 3. The van der Waals surface area contributed by atoms with Gasteiger partial charge in [-0.05, 0) is 31.9 Å². The molecule has 0 aliphatic carbocycles. The molecule has 0 unspecified atom stereocenters. The van der Waals surface area contributed by atoms with Crippen molar-refractivity contribution in [3.8, 4) is 0 Å². The third kappa shape index (κ3) is 3.42. The van der Waals surface area contributed by atoms with Crippen molar-refractivity contribution < 1.29 is 9.53 Å². The number of rotatable bonds is 5. The van der Waals surface area contributed by atoms with E-state index >= 15 is 0 Å². The minimum atomic E-state index is -0.570. The summed E-state index contributed by atoms with van der Waals surface area (Å²) in [7, 11) is 0. The van der Waals surface area contributed by atoms with Gasteiger partial charge in [0.05, 0.1) is 23.3 Å². The Morgan fingerprint density at radius 1 is 1.23 bits per heavy atom. The molecule has 26 heavy (non-hydrogen) atoms. The molecule has 0 aliphatic heterocycles. The summed E-state index contributed by atoms with van der Waals surface area (Å²) in [6.45, 7) is 3.94. The summed E-state index contributed by atoms with van der Waals surface area (Å²) in [6.07, 6.45) is 0.613. The Kier molecular flexibility index (Phi) is 4.97. The first-order valence-electron chi connectivity index (χ1n) is 8.36. The average Bonchev–Trinajstić information content (AvgIpc) is 2.62. The standard InChI is InChI=1S/C19H19N3O4/c1-3-26-18(24)14-11-15-16(20-12(14)2)22(19(25)21-17(15)23)10-9-13-7-5-4-6-8-13/h4-8,11H,3,9-10H2,1-2H3,(H,21,23,25). The lowest BCUT2D eigenvalue weighted by Gasteiger charge is -2.11. The summed E-state index contributed by atoms with van der Waals surface area (Å²) < 4.78 is 6.42. The van der Waals surface area contributed by atoms with Crippen molar-refractivity contribution in [3.05, 3.63) is 74.1 Å². The molecule has 0 radical (unpaired) electrons. The maximum atomic E-state index is 12.3. The fourth-order valence-electron chi connectivity index (χ4n) is 2.80. The summed E-state index contributed by atoms with van der Waals surface area (Å²) in [6, 6.07) is 11.2. The molecule has 1 N–H and O–H groups in total. The van der Waals surface area contributed by atoms with Crippen LogP contribution in [0.1, 0.15) is 28.5 Å². The van der Waals surface area contributed by atoms with E-state index in [4.69, 9.17) is 4.74 Å². The van der Waals surface area contributed by atoms with Crippen LogP contribution in [0, 0.1) is 6.92 Å². The van der Waals surface area contributed by atoms with Crippen LogP contribution in [-0.4, -0.2) is 27.1 Å². The van der Waals surface area contributed by atoms with Gasteiger partial charge in [0, 0.05) is 6.54 Å². The topological polar surface area (TPSA) is 94.0 Å². The number of nitrogens with one attached hydrogen (secondary N) is 1. The summed E-state index contributed by atoms with van der Waals surface area (Å²) >= 11 is 0. The normalized spacial score (nSPS) is 10.8. The van der Waals surface area contributed by atoms with E-state index in [0.717, 1.165) is 5.56 Å². The van der Waals surface area contributed by atoms with E-state index in [0.29, 0.717) is 18.7 Å².